The Bertz CT molecular complexity index is 818. The number of hydrogen-bond donors (Lipinski definition) is 2. The van der Waals surface area contributed by atoms with Gasteiger partial charge in [-0.25, -0.2) is 5.43 Å². The molecule has 0 radical (unpaired) electrons. The Balaban J connectivity index is 1.89. The molecule has 0 spiro atoms. The van der Waals surface area contributed by atoms with Gasteiger partial charge in [0.1, 0.15) is 18.1 Å². The van der Waals surface area contributed by atoms with E-state index in [0.29, 0.717) is 29.4 Å². The van der Waals surface area contributed by atoms with Crippen molar-refractivity contribution >= 4 is 23.7 Å². The van der Waals surface area contributed by atoms with Crippen molar-refractivity contribution in [3.8, 4) is 11.5 Å². The van der Waals surface area contributed by atoms with Crippen LogP contribution in [-0.4, -0.2) is 31.7 Å². The lowest BCUT2D eigenvalue weighted by atomic mass is 10.2. The molecule has 0 saturated carbocycles. The molecule has 7 nitrogen and oxygen atoms in total. The van der Waals surface area contributed by atoms with Crippen molar-refractivity contribution in [2.75, 3.05) is 19.0 Å². The molecule has 2 rings (SSSR count). The van der Waals surface area contributed by atoms with Crippen LogP contribution in [0.4, 0.5) is 5.69 Å². The minimum atomic E-state index is -0.886. The maximum Gasteiger partial charge on any atom is 0.329 e. The van der Waals surface area contributed by atoms with Crippen molar-refractivity contribution < 1.29 is 19.1 Å². The normalized spacial score (nSPS) is 10.2. The maximum absolute atomic E-state index is 11.9. The number of carbonyl (C=O) groups is 2. The molecular formula is C19H19N3O4. The molecule has 7 heteroatoms. The first kappa shape index (κ1) is 18.7. The fourth-order valence-corrected chi connectivity index (χ4v) is 1.94. The van der Waals surface area contributed by atoms with Crippen LogP contribution in [0.15, 0.2) is 66.3 Å². The van der Waals surface area contributed by atoms with E-state index < -0.39 is 11.8 Å². The molecule has 0 aliphatic heterocycles. The quantitative estimate of drug-likeness (QED) is 0.346. The monoisotopic (exact) mass is 353 g/mol. The molecule has 0 aromatic heterocycles. The molecule has 0 bridgehead atoms. The smallest absolute Gasteiger partial charge is 0.329 e. The number of hydrogen-bond acceptors (Lipinski definition) is 5. The molecule has 2 N–H and O–H groups in total. The number of anilines is 1. The Hall–Kier alpha value is -3.61. The van der Waals surface area contributed by atoms with Crippen LogP contribution in [0.1, 0.15) is 5.56 Å². The summed E-state index contributed by atoms with van der Waals surface area (Å²) >= 11 is 0. The number of nitrogens with one attached hydrogen (secondary N) is 2. The number of hydrazone groups is 1. The molecule has 0 unspecified atom stereocenters. The van der Waals surface area contributed by atoms with Crippen LogP contribution in [0.5, 0.6) is 11.5 Å². The third kappa shape index (κ3) is 5.79. The van der Waals surface area contributed by atoms with Gasteiger partial charge in [0.25, 0.3) is 0 Å². The molecule has 0 fully saturated rings. The first-order valence-corrected chi connectivity index (χ1v) is 7.74. The summed E-state index contributed by atoms with van der Waals surface area (Å²) in [5.41, 5.74) is 3.33. The highest BCUT2D eigenvalue weighted by Crippen LogP contribution is 2.16. The SMILES string of the molecule is C=CCOc1cccc(C=NNC(=O)C(=O)Nc2cccc(OC)c2)c1. The zero-order valence-corrected chi connectivity index (χ0v) is 14.3. The summed E-state index contributed by atoms with van der Waals surface area (Å²) in [6.07, 6.45) is 3.05. The minimum Gasteiger partial charge on any atom is -0.497 e. The van der Waals surface area contributed by atoms with Crippen LogP contribution in [0, 0.1) is 0 Å². The van der Waals surface area contributed by atoms with Crippen molar-refractivity contribution in [1.82, 2.24) is 5.43 Å². The van der Waals surface area contributed by atoms with Crippen molar-refractivity contribution in [2.45, 2.75) is 0 Å². The summed E-state index contributed by atoms with van der Waals surface area (Å²) < 4.78 is 10.5. The van der Waals surface area contributed by atoms with Crippen LogP contribution in [0.2, 0.25) is 0 Å². The van der Waals surface area contributed by atoms with Crippen LogP contribution in [0.25, 0.3) is 0 Å². The van der Waals surface area contributed by atoms with E-state index in [0.717, 1.165) is 0 Å². The lowest BCUT2D eigenvalue weighted by Gasteiger charge is -2.06. The first-order chi connectivity index (χ1) is 12.6. The average molecular weight is 353 g/mol. The summed E-state index contributed by atoms with van der Waals surface area (Å²) in [5, 5.41) is 6.24. The van der Waals surface area contributed by atoms with Gasteiger partial charge in [-0.3, -0.25) is 9.59 Å². The lowest BCUT2D eigenvalue weighted by Crippen LogP contribution is -2.32. The molecule has 0 aliphatic rings. The predicted molar refractivity (Wildman–Crippen MR) is 99.5 cm³/mol. The van der Waals surface area contributed by atoms with Crippen molar-refractivity contribution in [2.24, 2.45) is 5.10 Å². The van der Waals surface area contributed by atoms with Gasteiger partial charge in [0, 0.05) is 11.8 Å². The number of rotatable bonds is 7. The molecular weight excluding hydrogens is 334 g/mol. The van der Waals surface area contributed by atoms with E-state index in [1.165, 1.54) is 13.3 Å². The number of carbonyl (C=O) groups excluding carboxylic acids is 2. The first-order valence-electron chi connectivity index (χ1n) is 7.74. The number of nitrogens with zero attached hydrogens (tertiary/aromatic N) is 1. The van der Waals surface area contributed by atoms with Gasteiger partial charge >= 0.3 is 11.8 Å². The Morgan fingerprint density at radius 1 is 1.12 bits per heavy atom. The molecule has 26 heavy (non-hydrogen) atoms. The van der Waals surface area contributed by atoms with Gasteiger partial charge in [-0.15, -0.1) is 0 Å². The Kier molecular flexibility index (Phi) is 6.93. The molecule has 134 valence electrons. The van der Waals surface area contributed by atoms with Crippen LogP contribution < -0.4 is 20.2 Å². The minimum absolute atomic E-state index is 0.391. The van der Waals surface area contributed by atoms with Gasteiger partial charge in [0.2, 0.25) is 0 Å². The van der Waals surface area contributed by atoms with E-state index >= 15 is 0 Å². The Morgan fingerprint density at radius 3 is 2.65 bits per heavy atom. The topological polar surface area (TPSA) is 89.0 Å². The van der Waals surface area contributed by atoms with Gasteiger partial charge in [-0.05, 0) is 29.8 Å². The second-order valence-electron chi connectivity index (χ2n) is 5.06. The van der Waals surface area contributed by atoms with E-state index in [9.17, 15) is 9.59 Å². The van der Waals surface area contributed by atoms with Crippen LogP contribution in [-0.2, 0) is 9.59 Å². The van der Waals surface area contributed by atoms with E-state index in [2.05, 4.69) is 22.4 Å². The van der Waals surface area contributed by atoms with E-state index in [1.807, 2.05) is 0 Å². The summed E-state index contributed by atoms with van der Waals surface area (Å²) in [6.45, 7) is 3.97. The van der Waals surface area contributed by atoms with Gasteiger partial charge in [0.05, 0.1) is 13.3 Å². The van der Waals surface area contributed by atoms with Crippen molar-refractivity contribution in [3.05, 3.63) is 66.7 Å². The second-order valence-corrected chi connectivity index (χ2v) is 5.06. The van der Waals surface area contributed by atoms with Gasteiger partial charge in [0.15, 0.2) is 0 Å². The van der Waals surface area contributed by atoms with E-state index in [4.69, 9.17) is 9.47 Å². The molecule has 0 saturated heterocycles. The second kappa shape index (κ2) is 9.63. The summed E-state index contributed by atoms with van der Waals surface area (Å²) in [5.74, 6) is -0.502. The predicted octanol–water partition coefficient (Wildman–Crippen LogP) is 2.35. The number of methoxy groups -OCH3 is 1. The molecule has 2 amide bonds. The Labute approximate surface area is 151 Å². The Morgan fingerprint density at radius 2 is 1.88 bits per heavy atom. The zero-order chi connectivity index (χ0) is 18.8. The van der Waals surface area contributed by atoms with Crippen molar-refractivity contribution in [3.63, 3.8) is 0 Å². The molecule has 0 atom stereocenters. The molecule has 0 heterocycles. The highest BCUT2D eigenvalue weighted by Gasteiger charge is 2.13. The molecule has 2 aromatic carbocycles. The summed E-state index contributed by atoms with van der Waals surface area (Å²) in [4.78, 5) is 23.7. The van der Waals surface area contributed by atoms with Crippen molar-refractivity contribution in [1.29, 1.82) is 0 Å². The standard InChI is InChI=1S/C19H19N3O4/c1-3-10-26-17-9-4-6-14(11-17)13-20-22-19(24)18(23)21-15-7-5-8-16(12-15)25-2/h3-9,11-13H,1,10H2,2H3,(H,21,23)(H,22,24). The summed E-state index contributed by atoms with van der Waals surface area (Å²) in [7, 11) is 1.51. The highest BCUT2D eigenvalue weighted by molar-refractivity contribution is 6.39. The third-order valence-corrected chi connectivity index (χ3v) is 3.14. The lowest BCUT2D eigenvalue weighted by molar-refractivity contribution is -0.136. The molecule has 2 aromatic rings. The van der Waals surface area contributed by atoms with Crippen LogP contribution in [0.3, 0.4) is 0 Å². The third-order valence-electron chi connectivity index (χ3n) is 3.14. The van der Waals surface area contributed by atoms with Gasteiger partial charge < -0.3 is 14.8 Å². The van der Waals surface area contributed by atoms with Gasteiger partial charge in [-0.1, -0.05) is 30.9 Å². The fraction of sp³-hybridized carbons (Fsp3) is 0.105. The highest BCUT2D eigenvalue weighted by atomic mass is 16.5. The van der Waals surface area contributed by atoms with Crippen LogP contribution >= 0.6 is 0 Å². The van der Waals surface area contributed by atoms with E-state index in [-0.39, 0.29) is 0 Å². The average Bonchev–Trinajstić information content (AvgIpc) is 2.66. The largest absolute Gasteiger partial charge is 0.497 e. The summed E-state index contributed by atoms with van der Waals surface area (Å²) in [6, 6.07) is 13.8. The fourth-order valence-electron chi connectivity index (χ4n) is 1.94. The van der Waals surface area contributed by atoms with Gasteiger partial charge in [-0.2, -0.15) is 5.10 Å². The number of benzene rings is 2. The number of amides is 2. The number of ether oxygens (including phenoxy) is 2. The maximum atomic E-state index is 11.9. The molecule has 0 aliphatic carbocycles. The van der Waals surface area contributed by atoms with E-state index in [1.54, 1.807) is 54.6 Å². The zero-order valence-electron chi connectivity index (χ0n) is 14.3.